The summed E-state index contributed by atoms with van der Waals surface area (Å²) in [6.45, 7) is 6.87. The standard InChI is InChI=1S/C20H26N4O3/c1-20(2,3)27-19(26)24-11-10-16-15(13-24)17(22-21-16)18(25)23(4)12-14-8-6-5-7-9-14/h5-9H,10-13H2,1-4H3,(H,21,22). The van der Waals surface area contributed by atoms with Crippen LogP contribution in [0.1, 0.15) is 48.1 Å². The van der Waals surface area contributed by atoms with E-state index in [0.29, 0.717) is 31.7 Å². The predicted molar refractivity (Wildman–Crippen MR) is 101 cm³/mol. The molecule has 0 unspecified atom stereocenters. The van der Waals surface area contributed by atoms with Crippen molar-refractivity contribution >= 4 is 12.0 Å². The first-order chi connectivity index (χ1) is 12.7. The van der Waals surface area contributed by atoms with Crippen molar-refractivity contribution in [3.63, 3.8) is 0 Å². The van der Waals surface area contributed by atoms with Gasteiger partial charge in [0.1, 0.15) is 5.60 Å². The first-order valence-electron chi connectivity index (χ1n) is 9.08. The molecule has 1 N–H and O–H groups in total. The first kappa shape index (κ1) is 18.9. The van der Waals surface area contributed by atoms with E-state index in [-0.39, 0.29) is 12.0 Å². The third kappa shape index (κ3) is 4.48. The van der Waals surface area contributed by atoms with Crippen molar-refractivity contribution in [2.75, 3.05) is 13.6 Å². The molecule has 0 radical (unpaired) electrons. The lowest BCUT2D eigenvalue weighted by atomic mass is 10.0. The van der Waals surface area contributed by atoms with Crippen molar-refractivity contribution in [3.05, 3.63) is 52.8 Å². The number of amides is 2. The predicted octanol–water partition coefficient (Wildman–Crippen LogP) is 2.98. The number of hydrogen-bond donors (Lipinski definition) is 1. The first-order valence-corrected chi connectivity index (χ1v) is 9.08. The number of ether oxygens (including phenoxy) is 1. The van der Waals surface area contributed by atoms with Gasteiger partial charge in [0.2, 0.25) is 0 Å². The van der Waals surface area contributed by atoms with E-state index in [1.165, 1.54) is 0 Å². The molecule has 0 atom stereocenters. The fourth-order valence-electron chi connectivity index (χ4n) is 3.06. The molecule has 144 valence electrons. The van der Waals surface area contributed by atoms with E-state index in [4.69, 9.17) is 4.74 Å². The van der Waals surface area contributed by atoms with Crippen LogP contribution in [0.4, 0.5) is 4.79 Å². The van der Waals surface area contributed by atoms with Gasteiger partial charge in [0, 0.05) is 37.8 Å². The molecular weight excluding hydrogens is 344 g/mol. The number of nitrogens with one attached hydrogen (secondary N) is 1. The Balaban J connectivity index is 1.73. The van der Waals surface area contributed by atoms with E-state index in [1.54, 1.807) is 16.8 Å². The second-order valence-corrected chi connectivity index (χ2v) is 7.83. The Morgan fingerprint density at radius 1 is 1.26 bits per heavy atom. The molecule has 0 aliphatic carbocycles. The molecular formula is C20H26N4O3. The van der Waals surface area contributed by atoms with Crippen LogP contribution >= 0.6 is 0 Å². The molecule has 0 saturated carbocycles. The normalized spacial score (nSPS) is 13.9. The maximum atomic E-state index is 12.9. The number of fused-ring (bicyclic) bond motifs is 1. The van der Waals surface area contributed by atoms with Crippen LogP contribution in [0, 0.1) is 0 Å². The molecule has 0 spiro atoms. The van der Waals surface area contributed by atoms with Gasteiger partial charge in [0.05, 0.1) is 6.54 Å². The zero-order valence-electron chi connectivity index (χ0n) is 16.3. The Kier molecular flexibility index (Phi) is 5.21. The summed E-state index contributed by atoms with van der Waals surface area (Å²) in [7, 11) is 1.75. The van der Waals surface area contributed by atoms with E-state index >= 15 is 0 Å². The molecule has 27 heavy (non-hydrogen) atoms. The highest BCUT2D eigenvalue weighted by atomic mass is 16.6. The van der Waals surface area contributed by atoms with Crippen LogP contribution in [-0.4, -0.2) is 51.2 Å². The fourth-order valence-corrected chi connectivity index (χ4v) is 3.06. The van der Waals surface area contributed by atoms with Gasteiger partial charge in [-0.25, -0.2) is 4.79 Å². The van der Waals surface area contributed by atoms with Crippen LogP contribution in [-0.2, 0) is 24.2 Å². The van der Waals surface area contributed by atoms with Crippen LogP contribution in [0.3, 0.4) is 0 Å². The van der Waals surface area contributed by atoms with Crippen molar-refractivity contribution in [2.45, 2.75) is 45.9 Å². The molecule has 2 amide bonds. The Bertz CT molecular complexity index is 823. The number of hydrogen-bond acceptors (Lipinski definition) is 4. The van der Waals surface area contributed by atoms with Crippen LogP contribution < -0.4 is 0 Å². The second-order valence-electron chi connectivity index (χ2n) is 7.83. The molecule has 1 aliphatic heterocycles. The summed E-state index contributed by atoms with van der Waals surface area (Å²) in [5.41, 5.74) is 2.55. The number of nitrogens with zero attached hydrogens (tertiary/aromatic N) is 3. The Morgan fingerprint density at radius 3 is 2.63 bits per heavy atom. The zero-order chi connectivity index (χ0) is 19.6. The number of aromatic amines is 1. The van der Waals surface area contributed by atoms with E-state index in [0.717, 1.165) is 16.8 Å². The minimum absolute atomic E-state index is 0.164. The summed E-state index contributed by atoms with van der Waals surface area (Å²) in [6, 6.07) is 9.80. The monoisotopic (exact) mass is 370 g/mol. The third-order valence-electron chi connectivity index (χ3n) is 4.40. The molecule has 2 heterocycles. The number of benzene rings is 1. The maximum Gasteiger partial charge on any atom is 0.410 e. The molecule has 1 aliphatic rings. The van der Waals surface area contributed by atoms with E-state index < -0.39 is 5.60 Å². The van der Waals surface area contributed by atoms with Gasteiger partial charge in [-0.2, -0.15) is 5.10 Å². The number of aromatic nitrogens is 2. The summed E-state index contributed by atoms with van der Waals surface area (Å²) >= 11 is 0. The second kappa shape index (κ2) is 7.42. The smallest absolute Gasteiger partial charge is 0.410 e. The van der Waals surface area contributed by atoms with Crippen molar-refractivity contribution in [1.29, 1.82) is 0 Å². The molecule has 7 nitrogen and oxygen atoms in total. The summed E-state index contributed by atoms with van der Waals surface area (Å²) < 4.78 is 5.46. The van der Waals surface area contributed by atoms with E-state index in [9.17, 15) is 9.59 Å². The fraction of sp³-hybridized carbons (Fsp3) is 0.450. The van der Waals surface area contributed by atoms with Gasteiger partial charge in [-0.3, -0.25) is 9.89 Å². The SMILES string of the molecule is CN(Cc1ccccc1)C(=O)c1n[nH]c2c1CN(C(=O)OC(C)(C)C)CC2. The van der Waals surface area contributed by atoms with Crippen LogP contribution in [0.25, 0.3) is 0 Å². The number of H-pyrrole nitrogens is 1. The lowest BCUT2D eigenvalue weighted by molar-refractivity contribution is 0.0222. The molecule has 1 aromatic carbocycles. The van der Waals surface area contributed by atoms with Crippen molar-refractivity contribution in [1.82, 2.24) is 20.0 Å². The van der Waals surface area contributed by atoms with Gasteiger partial charge in [0.25, 0.3) is 5.91 Å². The van der Waals surface area contributed by atoms with E-state index in [2.05, 4.69) is 10.2 Å². The molecule has 2 aromatic rings. The molecule has 1 aromatic heterocycles. The van der Waals surface area contributed by atoms with Crippen molar-refractivity contribution in [3.8, 4) is 0 Å². The minimum Gasteiger partial charge on any atom is -0.444 e. The summed E-state index contributed by atoms with van der Waals surface area (Å²) in [6.07, 6.45) is 0.252. The van der Waals surface area contributed by atoms with Crippen molar-refractivity contribution in [2.24, 2.45) is 0 Å². The van der Waals surface area contributed by atoms with Gasteiger partial charge >= 0.3 is 6.09 Å². The van der Waals surface area contributed by atoms with Crippen LogP contribution in [0.2, 0.25) is 0 Å². The average Bonchev–Trinajstić information content (AvgIpc) is 3.03. The lowest BCUT2D eigenvalue weighted by Crippen LogP contribution is -2.40. The van der Waals surface area contributed by atoms with Crippen LogP contribution in [0.5, 0.6) is 0 Å². The highest BCUT2D eigenvalue weighted by molar-refractivity contribution is 5.94. The number of carbonyl (C=O) groups is 2. The largest absolute Gasteiger partial charge is 0.444 e. The lowest BCUT2D eigenvalue weighted by Gasteiger charge is -2.30. The highest BCUT2D eigenvalue weighted by Gasteiger charge is 2.31. The topological polar surface area (TPSA) is 78.5 Å². The van der Waals surface area contributed by atoms with Gasteiger partial charge < -0.3 is 14.5 Å². The van der Waals surface area contributed by atoms with Crippen molar-refractivity contribution < 1.29 is 14.3 Å². The summed E-state index contributed by atoms with van der Waals surface area (Å²) in [5, 5.41) is 7.19. The van der Waals surface area contributed by atoms with Gasteiger partial charge in [-0.1, -0.05) is 30.3 Å². The number of carbonyl (C=O) groups excluding carboxylic acids is 2. The number of rotatable bonds is 3. The van der Waals surface area contributed by atoms with Gasteiger partial charge in [-0.15, -0.1) is 0 Å². The Hall–Kier alpha value is -2.83. The third-order valence-corrected chi connectivity index (χ3v) is 4.40. The van der Waals surface area contributed by atoms with Gasteiger partial charge in [-0.05, 0) is 26.3 Å². The Morgan fingerprint density at radius 2 is 1.96 bits per heavy atom. The molecule has 0 saturated heterocycles. The zero-order valence-corrected chi connectivity index (χ0v) is 16.3. The molecule has 0 bridgehead atoms. The molecule has 3 rings (SSSR count). The average molecular weight is 370 g/mol. The molecule has 7 heteroatoms. The highest BCUT2D eigenvalue weighted by Crippen LogP contribution is 2.23. The van der Waals surface area contributed by atoms with Crippen LogP contribution in [0.15, 0.2) is 30.3 Å². The molecule has 0 fully saturated rings. The van der Waals surface area contributed by atoms with Gasteiger partial charge in [0.15, 0.2) is 5.69 Å². The van der Waals surface area contributed by atoms with E-state index in [1.807, 2.05) is 51.1 Å². The summed E-state index contributed by atoms with van der Waals surface area (Å²) in [4.78, 5) is 28.5. The summed E-state index contributed by atoms with van der Waals surface area (Å²) in [5.74, 6) is -0.164. The minimum atomic E-state index is -0.553. The maximum absolute atomic E-state index is 12.9. The Labute approximate surface area is 159 Å². The quantitative estimate of drug-likeness (QED) is 0.901.